The van der Waals surface area contributed by atoms with Gasteiger partial charge in [0.1, 0.15) is 5.76 Å². The first-order chi connectivity index (χ1) is 14.1. The quantitative estimate of drug-likeness (QED) is 0.682. The zero-order chi connectivity index (χ0) is 20.2. The van der Waals surface area contributed by atoms with Crippen LogP contribution in [0.1, 0.15) is 25.5 Å². The van der Waals surface area contributed by atoms with Gasteiger partial charge in [0.15, 0.2) is 10.8 Å². The number of ether oxygens (including phenoxy) is 1. The Labute approximate surface area is 172 Å². The highest BCUT2D eigenvalue weighted by atomic mass is 32.1. The van der Waals surface area contributed by atoms with Crippen molar-refractivity contribution in [2.24, 2.45) is 5.92 Å². The lowest BCUT2D eigenvalue weighted by Gasteiger charge is -2.31. The predicted molar refractivity (Wildman–Crippen MR) is 110 cm³/mol. The Hall–Kier alpha value is -2.87. The Morgan fingerprint density at radius 1 is 1.31 bits per heavy atom. The maximum Gasteiger partial charge on any atom is 0.409 e. The highest BCUT2D eigenvalue weighted by Gasteiger charge is 2.29. The summed E-state index contributed by atoms with van der Waals surface area (Å²) in [4.78, 5) is 30.6. The molecule has 0 spiro atoms. The van der Waals surface area contributed by atoms with Gasteiger partial charge in [0.25, 0.3) is 0 Å². The third kappa shape index (κ3) is 4.42. The van der Waals surface area contributed by atoms with Gasteiger partial charge in [-0.1, -0.05) is 12.1 Å². The van der Waals surface area contributed by atoms with E-state index in [1.54, 1.807) is 23.2 Å². The SMILES string of the molecule is CCOC(=O)N1CCCC(C(=O)NCc2ccc(-c3nc4ccccc4s3)o2)C1. The lowest BCUT2D eigenvalue weighted by Crippen LogP contribution is -2.45. The van der Waals surface area contributed by atoms with E-state index in [0.29, 0.717) is 37.8 Å². The molecule has 1 atom stereocenters. The van der Waals surface area contributed by atoms with Crippen LogP contribution in [0.3, 0.4) is 0 Å². The number of furan rings is 1. The molecule has 1 unspecified atom stereocenters. The lowest BCUT2D eigenvalue weighted by molar-refractivity contribution is -0.126. The molecule has 1 aliphatic rings. The van der Waals surface area contributed by atoms with Crippen molar-refractivity contribution in [3.05, 3.63) is 42.2 Å². The van der Waals surface area contributed by atoms with Crippen LogP contribution < -0.4 is 5.32 Å². The number of piperidine rings is 1. The molecule has 1 aromatic carbocycles. The number of nitrogens with zero attached hydrogens (tertiary/aromatic N) is 2. The first-order valence-corrected chi connectivity index (χ1v) is 10.6. The van der Waals surface area contributed by atoms with Crippen LogP contribution in [-0.2, 0) is 16.1 Å². The zero-order valence-electron chi connectivity index (χ0n) is 16.2. The maximum atomic E-state index is 12.5. The number of thiazole rings is 1. The standard InChI is InChI=1S/C21H23N3O4S/c1-2-27-21(26)24-11-5-6-14(13-24)19(25)22-12-15-9-10-17(28-15)20-23-16-7-3-4-8-18(16)29-20/h3-4,7-10,14H,2,5-6,11-13H2,1H3,(H,22,25). The number of carbonyl (C=O) groups excluding carboxylic acids is 2. The van der Waals surface area contributed by atoms with Crippen molar-refractivity contribution in [2.45, 2.75) is 26.3 Å². The van der Waals surface area contributed by atoms with Crippen molar-refractivity contribution in [3.8, 4) is 10.8 Å². The molecule has 0 bridgehead atoms. The molecule has 152 valence electrons. The molecule has 1 fully saturated rings. The fraction of sp³-hybridized carbons (Fsp3) is 0.381. The number of nitrogens with one attached hydrogen (secondary N) is 1. The lowest BCUT2D eigenvalue weighted by atomic mass is 9.97. The van der Waals surface area contributed by atoms with Crippen LogP contribution in [0.5, 0.6) is 0 Å². The number of para-hydroxylation sites is 1. The van der Waals surface area contributed by atoms with Crippen LogP contribution in [0.25, 0.3) is 21.0 Å². The molecular weight excluding hydrogens is 390 g/mol. The van der Waals surface area contributed by atoms with Crippen LogP contribution in [-0.4, -0.2) is 41.6 Å². The first-order valence-electron chi connectivity index (χ1n) is 9.78. The Morgan fingerprint density at radius 3 is 3.00 bits per heavy atom. The van der Waals surface area contributed by atoms with E-state index in [4.69, 9.17) is 9.15 Å². The number of rotatable bonds is 5. The molecule has 29 heavy (non-hydrogen) atoms. The average molecular weight is 413 g/mol. The number of amides is 2. The molecule has 4 rings (SSSR count). The number of hydrogen-bond donors (Lipinski definition) is 1. The maximum absolute atomic E-state index is 12.5. The van der Waals surface area contributed by atoms with Crippen LogP contribution in [0, 0.1) is 5.92 Å². The normalized spacial score (nSPS) is 16.7. The molecule has 3 aromatic rings. The summed E-state index contributed by atoms with van der Waals surface area (Å²) in [5.74, 6) is 1.07. The topological polar surface area (TPSA) is 84.7 Å². The van der Waals surface area contributed by atoms with E-state index in [9.17, 15) is 9.59 Å². The van der Waals surface area contributed by atoms with Crippen molar-refractivity contribution >= 4 is 33.6 Å². The minimum Gasteiger partial charge on any atom is -0.457 e. The molecule has 1 aliphatic heterocycles. The summed E-state index contributed by atoms with van der Waals surface area (Å²) in [6.07, 6.45) is 1.20. The minimum atomic E-state index is -0.350. The summed E-state index contributed by atoms with van der Waals surface area (Å²) >= 11 is 1.58. The summed E-state index contributed by atoms with van der Waals surface area (Å²) in [7, 11) is 0. The fourth-order valence-electron chi connectivity index (χ4n) is 3.46. The Morgan fingerprint density at radius 2 is 2.17 bits per heavy atom. The second kappa shape index (κ2) is 8.65. The zero-order valence-corrected chi connectivity index (χ0v) is 17.0. The van der Waals surface area contributed by atoms with Crippen LogP contribution >= 0.6 is 11.3 Å². The second-order valence-corrected chi connectivity index (χ2v) is 7.99. The number of aromatic nitrogens is 1. The summed E-state index contributed by atoms with van der Waals surface area (Å²) < 4.78 is 12.0. The smallest absolute Gasteiger partial charge is 0.409 e. The van der Waals surface area contributed by atoms with Crippen LogP contribution in [0.15, 0.2) is 40.8 Å². The molecule has 8 heteroatoms. The van der Waals surface area contributed by atoms with Gasteiger partial charge in [-0.05, 0) is 44.0 Å². The number of benzene rings is 1. The van der Waals surface area contributed by atoms with E-state index >= 15 is 0 Å². The number of hydrogen-bond acceptors (Lipinski definition) is 6. The van der Waals surface area contributed by atoms with Gasteiger partial charge >= 0.3 is 6.09 Å². The molecule has 0 radical (unpaired) electrons. The molecule has 1 N–H and O–H groups in total. The molecule has 7 nitrogen and oxygen atoms in total. The number of likely N-dealkylation sites (tertiary alicyclic amines) is 1. The van der Waals surface area contributed by atoms with Gasteiger partial charge in [-0.25, -0.2) is 9.78 Å². The molecule has 2 amide bonds. The molecule has 0 saturated carbocycles. The van der Waals surface area contributed by atoms with Gasteiger partial charge < -0.3 is 19.4 Å². The van der Waals surface area contributed by atoms with E-state index < -0.39 is 0 Å². The second-order valence-electron chi connectivity index (χ2n) is 6.95. The molecule has 2 aromatic heterocycles. The van der Waals surface area contributed by atoms with Crippen molar-refractivity contribution in [1.29, 1.82) is 0 Å². The summed E-state index contributed by atoms with van der Waals surface area (Å²) in [5.41, 5.74) is 0.946. The van der Waals surface area contributed by atoms with Crippen LogP contribution in [0.2, 0.25) is 0 Å². The third-order valence-electron chi connectivity index (χ3n) is 4.92. The summed E-state index contributed by atoms with van der Waals surface area (Å²) in [5, 5.41) is 3.74. The minimum absolute atomic E-state index is 0.0723. The van der Waals surface area contributed by atoms with Gasteiger partial charge in [0, 0.05) is 13.1 Å². The molecular formula is C21H23N3O4S. The van der Waals surface area contributed by atoms with Crippen molar-refractivity contribution in [2.75, 3.05) is 19.7 Å². The highest BCUT2D eigenvalue weighted by Crippen LogP contribution is 2.31. The van der Waals surface area contributed by atoms with Crippen molar-refractivity contribution in [1.82, 2.24) is 15.2 Å². The van der Waals surface area contributed by atoms with Gasteiger partial charge in [0.05, 0.1) is 29.3 Å². The van der Waals surface area contributed by atoms with Gasteiger partial charge in [0.2, 0.25) is 5.91 Å². The van der Waals surface area contributed by atoms with E-state index in [2.05, 4.69) is 10.3 Å². The average Bonchev–Trinajstić information content (AvgIpc) is 3.39. The van der Waals surface area contributed by atoms with Gasteiger partial charge in [-0.15, -0.1) is 11.3 Å². The Bertz CT molecular complexity index is 979. The Balaban J connectivity index is 1.34. The van der Waals surface area contributed by atoms with Crippen LogP contribution in [0.4, 0.5) is 4.79 Å². The molecule has 1 saturated heterocycles. The van der Waals surface area contributed by atoms with E-state index in [-0.39, 0.29) is 17.9 Å². The monoisotopic (exact) mass is 413 g/mol. The molecule has 0 aliphatic carbocycles. The van der Waals surface area contributed by atoms with E-state index in [0.717, 1.165) is 28.1 Å². The predicted octanol–water partition coefficient (Wildman–Crippen LogP) is 4.04. The first kappa shape index (κ1) is 19.4. The number of carbonyl (C=O) groups is 2. The van der Waals surface area contributed by atoms with Crippen molar-refractivity contribution in [3.63, 3.8) is 0 Å². The third-order valence-corrected chi connectivity index (χ3v) is 5.97. The summed E-state index contributed by atoms with van der Waals surface area (Å²) in [6.45, 7) is 3.44. The summed E-state index contributed by atoms with van der Waals surface area (Å²) in [6, 6.07) is 11.7. The highest BCUT2D eigenvalue weighted by molar-refractivity contribution is 7.21. The van der Waals surface area contributed by atoms with Gasteiger partial charge in [-0.2, -0.15) is 0 Å². The fourth-order valence-corrected chi connectivity index (χ4v) is 4.38. The molecule has 3 heterocycles. The van der Waals surface area contributed by atoms with Crippen molar-refractivity contribution < 1.29 is 18.7 Å². The Kier molecular flexibility index (Phi) is 5.80. The van der Waals surface area contributed by atoms with E-state index in [1.807, 2.05) is 36.4 Å². The number of fused-ring (bicyclic) bond motifs is 1. The van der Waals surface area contributed by atoms with Gasteiger partial charge in [-0.3, -0.25) is 4.79 Å². The largest absolute Gasteiger partial charge is 0.457 e. The van der Waals surface area contributed by atoms with E-state index in [1.165, 1.54) is 0 Å².